The quantitative estimate of drug-likeness (QED) is 0.817. The van der Waals surface area contributed by atoms with Crippen molar-refractivity contribution in [3.05, 3.63) is 70.3 Å². The van der Waals surface area contributed by atoms with Crippen LogP contribution in [0.4, 0.5) is 22.0 Å². The van der Waals surface area contributed by atoms with Crippen molar-refractivity contribution in [3.8, 4) is 0 Å². The molecule has 0 saturated heterocycles. The summed E-state index contributed by atoms with van der Waals surface area (Å²) in [5, 5.41) is 10.0. The fourth-order valence-electron chi connectivity index (χ4n) is 1.98. The molecule has 0 aliphatic heterocycles. The van der Waals surface area contributed by atoms with Crippen LogP contribution in [0.25, 0.3) is 0 Å². The third-order valence-electron chi connectivity index (χ3n) is 3.06. The largest absolute Gasteiger partial charge is 0.419 e. The first kappa shape index (κ1) is 15.4. The van der Waals surface area contributed by atoms with Gasteiger partial charge in [0.1, 0.15) is 17.7 Å². The third-order valence-corrected chi connectivity index (χ3v) is 3.06. The zero-order valence-corrected chi connectivity index (χ0v) is 10.9. The van der Waals surface area contributed by atoms with Crippen molar-refractivity contribution < 1.29 is 27.1 Å². The topological polar surface area (TPSA) is 20.2 Å². The van der Waals surface area contributed by atoms with E-state index >= 15 is 0 Å². The van der Waals surface area contributed by atoms with E-state index in [1.807, 2.05) is 0 Å². The molecule has 2 aromatic rings. The Morgan fingerprint density at radius 2 is 1.57 bits per heavy atom. The molecule has 0 aliphatic rings. The Hall–Kier alpha value is -1.95. The van der Waals surface area contributed by atoms with Gasteiger partial charge in [0.05, 0.1) is 5.56 Å². The van der Waals surface area contributed by atoms with Gasteiger partial charge in [-0.05, 0) is 30.7 Å². The van der Waals surface area contributed by atoms with Gasteiger partial charge in [-0.15, -0.1) is 0 Å². The fraction of sp³-hybridized carbons (Fsp3) is 0.200. The summed E-state index contributed by atoms with van der Waals surface area (Å²) < 4.78 is 64.8. The summed E-state index contributed by atoms with van der Waals surface area (Å²) in [6.07, 6.45) is -6.49. The summed E-state index contributed by atoms with van der Waals surface area (Å²) in [5.41, 5.74) is -1.24. The zero-order valence-electron chi connectivity index (χ0n) is 10.9. The molecule has 0 fully saturated rings. The number of hydrogen-bond acceptors (Lipinski definition) is 1. The van der Waals surface area contributed by atoms with E-state index in [0.29, 0.717) is 17.7 Å². The summed E-state index contributed by atoms with van der Waals surface area (Å²) in [7, 11) is 0. The average Bonchev–Trinajstić information content (AvgIpc) is 2.40. The van der Waals surface area contributed by atoms with Crippen LogP contribution in [0, 0.1) is 18.6 Å². The molecule has 1 atom stereocenters. The second-order valence-electron chi connectivity index (χ2n) is 4.66. The van der Waals surface area contributed by atoms with Gasteiger partial charge in [-0.1, -0.05) is 23.8 Å². The van der Waals surface area contributed by atoms with Crippen LogP contribution in [0.3, 0.4) is 0 Å². The van der Waals surface area contributed by atoms with Gasteiger partial charge >= 0.3 is 6.18 Å². The molecule has 112 valence electrons. The molecule has 2 rings (SSSR count). The van der Waals surface area contributed by atoms with E-state index in [1.54, 1.807) is 6.92 Å². The predicted octanol–water partition coefficient (Wildman–Crippen LogP) is 4.37. The van der Waals surface area contributed by atoms with Crippen LogP contribution in [0.2, 0.25) is 0 Å². The van der Waals surface area contributed by atoms with E-state index in [-0.39, 0.29) is 11.1 Å². The fourth-order valence-corrected chi connectivity index (χ4v) is 1.98. The van der Waals surface area contributed by atoms with Crippen molar-refractivity contribution in [3.63, 3.8) is 0 Å². The minimum Gasteiger partial charge on any atom is -0.384 e. The number of rotatable bonds is 2. The van der Waals surface area contributed by atoms with Gasteiger partial charge in [-0.25, -0.2) is 8.78 Å². The first-order valence-electron chi connectivity index (χ1n) is 6.01. The normalized spacial score (nSPS) is 13.3. The Bertz CT molecular complexity index is 664. The van der Waals surface area contributed by atoms with Crippen LogP contribution in [0.15, 0.2) is 36.4 Å². The lowest BCUT2D eigenvalue weighted by atomic mass is 9.97. The SMILES string of the molecule is Cc1ccc(F)c(C(O)c2ccc(F)c(C(F)(F)F)c2)c1. The van der Waals surface area contributed by atoms with Crippen molar-refractivity contribution in [1.29, 1.82) is 0 Å². The Morgan fingerprint density at radius 3 is 2.19 bits per heavy atom. The Labute approximate surface area is 117 Å². The lowest BCUT2D eigenvalue weighted by Gasteiger charge is -2.16. The highest BCUT2D eigenvalue weighted by Crippen LogP contribution is 2.34. The van der Waals surface area contributed by atoms with Crippen molar-refractivity contribution in [2.24, 2.45) is 0 Å². The molecule has 1 nitrogen and oxygen atoms in total. The molecule has 0 aromatic heterocycles. The third kappa shape index (κ3) is 3.21. The minimum absolute atomic E-state index is 0.158. The van der Waals surface area contributed by atoms with Crippen LogP contribution in [0.1, 0.15) is 28.4 Å². The Morgan fingerprint density at radius 1 is 0.952 bits per heavy atom. The van der Waals surface area contributed by atoms with Crippen LogP contribution >= 0.6 is 0 Å². The van der Waals surface area contributed by atoms with Gasteiger partial charge in [-0.3, -0.25) is 0 Å². The van der Waals surface area contributed by atoms with Gasteiger partial charge < -0.3 is 5.11 Å². The molecule has 21 heavy (non-hydrogen) atoms. The lowest BCUT2D eigenvalue weighted by molar-refractivity contribution is -0.140. The van der Waals surface area contributed by atoms with E-state index < -0.39 is 29.5 Å². The number of alkyl halides is 3. The van der Waals surface area contributed by atoms with Crippen LogP contribution < -0.4 is 0 Å². The van der Waals surface area contributed by atoms with Crippen LogP contribution in [0.5, 0.6) is 0 Å². The highest BCUT2D eigenvalue weighted by Gasteiger charge is 2.34. The maximum atomic E-state index is 13.7. The molecule has 0 saturated carbocycles. The summed E-state index contributed by atoms with van der Waals surface area (Å²) in [6.45, 7) is 1.65. The van der Waals surface area contributed by atoms with Gasteiger partial charge in [0.2, 0.25) is 0 Å². The standard InChI is InChI=1S/C15H11F5O/c1-8-2-4-12(16)10(6-8)14(21)9-3-5-13(17)11(7-9)15(18,19)20/h2-7,14,21H,1H3. The van der Waals surface area contributed by atoms with Gasteiger partial charge in [0.25, 0.3) is 0 Å². The van der Waals surface area contributed by atoms with E-state index in [9.17, 15) is 27.1 Å². The predicted molar refractivity (Wildman–Crippen MR) is 66.6 cm³/mol. The van der Waals surface area contributed by atoms with Crippen molar-refractivity contribution in [1.82, 2.24) is 0 Å². The maximum Gasteiger partial charge on any atom is 0.419 e. The maximum absolute atomic E-state index is 13.7. The monoisotopic (exact) mass is 302 g/mol. The molecule has 0 radical (unpaired) electrons. The highest BCUT2D eigenvalue weighted by atomic mass is 19.4. The van der Waals surface area contributed by atoms with Crippen LogP contribution in [-0.4, -0.2) is 5.11 Å². The first-order valence-corrected chi connectivity index (χ1v) is 6.01. The number of aryl methyl sites for hydroxylation is 1. The van der Waals surface area contributed by atoms with E-state index in [4.69, 9.17) is 0 Å². The van der Waals surface area contributed by atoms with Gasteiger partial charge in [-0.2, -0.15) is 13.2 Å². The smallest absolute Gasteiger partial charge is 0.384 e. The second-order valence-corrected chi connectivity index (χ2v) is 4.66. The molecule has 0 amide bonds. The average molecular weight is 302 g/mol. The van der Waals surface area contributed by atoms with E-state index in [2.05, 4.69) is 0 Å². The molecule has 0 aliphatic carbocycles. The summed E-state index contributed by atoms with van der Waals surface area (Å²) >= 11 is 0. The summed E-state index contributed by atoms with van der Waals surface area (Å²) in [6, 6.07) is 6.00. The molecule has 1 N–H and O–H groups in total. The van der Waals surface area contributed by atoms with Crippen molar-refractivity contribution >= 4 is 0 Å². The van der Waals surface area contributed by atoms with E-state index in [0.717, 1.165) is 12.1 Å². The summed E-state index contributed by atoms with van der Waals surface area (Å²) in [4.78, 5) is 0. The first-order chi connectivity index (χ1) is 9.70. The molecule has 6 heteroatoms. The molecule has 0 heterocycles. The molecule has 2 aromatic carbocycles. The Balaban J connectivity index is 2.49. The van der Waals surface area contributed by atoms with Gasteiger partial charge in [0, 0.05) is 5.56 Å². The second kappa shape index (κ2) is 5.44. The highest BCUT2D eigenvalue weighted by molar-refractivity contribution is 5.36. The van der Waals surface area contributed by atoms with Crippen molar-refractivity contribution in [2.45, 2.75) is 19.2 Å². The number of aliphatic hydroxyl groups is 1. The molecular weight excluding hydrogens is 291 g/mol. The van der Waals surface area contributed by atoms with E-state index in [1.165, 1.54) is 12.1 Å². The van der Waals surface area contributed by atoms with Crippen LogP contribution in [-0.2, 0) is 6.18 Å². The van der Waals surface area contributed by atoms with Crippen molar-refractivity contribution in [2.75, 3.05) is 0 Å². The number of halogens is 5. The lowest BCUT2D eigenvalue weighted by Crippen LogP contribution is -2.11. The molecule has 0 spiro atoms. The minimum atomic E-state index is -4.88. The zero-order chi connectivity index (χ0) is 15.8. The number of benzene rings is 2. The summed E-state index contributed by atoms with van der Waals surface area (Å²) in [5.74, 6) is -2.19. The Kier molecular flexibility index (Phi) is 4.00. The molecular formula is C15H11F5O. The molecule has 0 bridgehead atoms. The van der Waals surface area contributed by atoms with Gasteiger partial charge in [0.15, 0.2) is 0 Å². The molecule has 1 unspecified atom stereocenters. The number of aliphatic hydroxyl groups excluding tert-OH is 1. The number of hydrogen-bond donors (Lipinski definition) is 1.